The first kappa shape index (κ1) is 13.7. The normalized spacial score (nSPS) is 10.3. The Morgan fingerprint density at radius 2 is 2.00 bits per heavy atom. The Morgan fingerprint density at radius 3 is 2.60 bits per heavy atom. The quantitative estimate of drug-likeness (QED) is 0.666. The molecule has 0 aliphatic heterocycles. The molecule has 0 fully saturated rings. The number of nitrogen functional groups attached to an aromatic ring is 1. The number of benzene rings is 1. The number of nitrogens with one attached hydrogen (secondary N) is 1. The van der Waals surface area contributed by atoms with Crippen molar-refractivity contribution in [3.05, 3.63) is 51.6 Å². The van der Waals surface area contributed by atoms with Gasteiger partial charge in [0.2, 0.25) is 5.82 Å². The Kier molecular flexibility index (Phi) is 3.47. The van der Waals surface area contributed by atoms with Crippen LogP contribution >= 0.6 is 0 Å². The molecule has 1 aromatic carbocycles. The van der Waals surface area contributed by atoms with Crippen molar-refractivity contribution in [1.29, 1.82) is 0 Å². The van der Waals surface area contributed by atoms with Crippen LogP contribution in [0.15, 0.2) is 24.3 Å². The zero-order valence-corrected chi connectivity index (χ0v) is 10.4. The molecule has 104 valence electrons. The minimum absolute atomic E-state index is 0.0106. The molecule has 0 atom stereocenters. The van der Waals surface area contributed by atoms with Crippen LogP contribution < -0.4 is 11.1 Å². The van der Waals surface area contributed by atoms with Crippen LogP contribution in [0.1, 0.15) is 5.56 Å². The van der Waals surface area contributed by atoms with E-state index in [-0.39, 0.29) is 28.6 Å². The van der Waals surface area contributed by atoms with Gasteiger partial charge >= 0.3 is 5.69 Å². The maximum absolute atomic E-state index is 13.8. The van der Waals surface area contributed by atoms with Gasteiger partial charge in [0.05, 0.1) is 4.92 Å². The van der Waals surface area contributed by atoms with Crippen LogP contribution in [0.5, 0.6) is 0 Å². The molecular formula is C12H10F2N4O2. The number of nitrogens with zero attached hydrogens (tertiary/aromatic N) is 2. The molecule has 0 bridgehead atoms. The number of rotatable bonds is 3. The lowest BCUT2D eigenvalue weighted by Crippen LogP contribution is -2.04. The van der Waals surface area contributed by atoms with Crippen molar-refractivity contribution in [1.82, 2.24) is 4.98 Å². The van der Waals surface area contributed by atoms with E-state index < -0.39 is 16.6 Å². The molecule has 20 heavy (non-hydrogen) atoms. The van der Waals surface area contributed by atoms with Crippen molar-refractivity contribution < 1.29 is 13.7 Å². The number of aryl methyl sites for hydroxylation is 1. The summed E-state index contributed by atoms with van der Waals surface area (Å²) in [5, 5.41) is 13.0. The first-order valence-electron chi connectivity index (χ1n) is 5.52. The van der Waals surface area contributed by atoms with E-state index in [9.17, 15) is 18.9 Å². The van der Waals surface area contributed by atoms with Crippen LogP contribution in [0.2, 0.25) is 0 Å². The van der Waals surface area contributed by atoms with Gasteiger partial charge in [-0.05, 0) is 24.6 Å². The molecule has 0 spiro atoms. The predicted molar refractivity (Wildman–Crippen MR) is 69.7 cm³/mol. The summed E-state index contributed by atoms with van der Waals surface area (Å²) in [5.74, 6) is -1.89. The van der Waals surface area contributed by atoms with Crippen LogP contribution in [-0.2, 0) is 0 Å². The van der Waals surface area contributed by atoms with Crippen molar-refractivity contribution in [3.63, 3.8) is 0 Å². The van der Waals surface area contributed by atoms with Gasteiger partial charge in [0.25, 0.3) is 0 Å². The fraction of sp³-hybridized carbons (Fsp3) is 0.0833. The first-order chi connectivity index (χ1) is 9.40. The van der Waals surface area contributed by atoms with E-state index >= 15 is 0 Å². The number of hydrogen-bond acceptors (Lipinski definition) is 5. The highest BCUT2D eigenvalue weighted by Gasteiger charge is 2.16. The summed E-state index contributed by atoms with van der Waals surface area (Å²) >= 11 is 0. The van der Waals surface area contributed by atoms with Crippen LogP contribution in [-0.4, -0.2) is 9.91 Å². The van der Waals surface area contributed by atoms with Gasteiger partial charge in [-0.2, -0.15) is 0 Å². The van der Waals surface area contributed by atoms with E-state index in [0.29, 0.717) is 0 Å². The minimum Gasteiger partial charge on any atom is -0.378 e. The molecule has 3 N–H and O–H groups in total. The van der Waals surface area contributed by atoms with Gasteiger partial charge in [-0.3, -0.25) is 10.1 Å². The summed E-state index contributed by atoms with van der Waals surface area (Å²) in [6, 6.07) is 4.73. The highest BCUT2D eigenvalue weighted by atomic mass is 19.1. The lowest BCUT2D eigenvalue weighted by molar-refractivity contribution is -0.384. The third kappa shape index (κ3) is 2.48. The van der Waals surface area contributed by atoms with Gasteiger partial charge in [-0.15, -0.1) is 0 Å². The summed E-state index contributed by atoms with van der Waals surface area (Å²) < 4.78 is 27.3. The van der Waals surface area contributed by atoms with E-state index in [0.717, 1.165) is 12.1 Å². The number of hydrogen-bond donors (Lipinski definition) is 2. The van der Waals surface area contributed by atoms with Crippen LogP contribution in [0.3, 0.4) is 0 Å². The van der Waals surface area contributed by atoms with Crippen molar-refractivity contribution in [3.8, 4) is 0 Å². The number of pyridine rings is 1. The van der Waals surface area contributed by atoms with E-state index in [1.807, 2.05) is 0 Å². The third-order valence-electron chi connectivity index (χ3n) is 2.64. The van der Waals surface area contributed by atoms with E-state index in [1.54, 1.807) is 0 Å². The number of aromatic nitrogens is 1. The lowest BCUT2D eigenvalue weighted by Gasteiger charge is -2.10. The molecule has 6 nitrogen and oxygen atoms in total. The van der Waals surface area contributed by atoms with Crippen LogP contribution in [0.25, 0.3) is 0 Å². The molecule has 8 heteroatoms. The fourth-order valence-corrected chi connectivity index (χ4v) is 1.59. The van der Waals surface area contributed by atoms with Crippen molar-refractivity contribution in [2.24, 2.45) is 0 Å². The molecule has 1 heterocycles. The molecule has 0 amide bonds. The zero-order valence-electron chi connectivity index (χ0n) is 10.4. The topological polar surface area (TPSA) is 94.1 Å². The zero-order chi connectivity index (χ0) is 14.9. The molecule has 0 radical (unpaired) electrons. The Labute approximate surface area is 112 Å². The number of anilines is 3. The maximum Gasteiger partial charge on any atom is 0.311 e. The molecule has 1 aromatic heterocycles. The van der Waals surface area contributed by atoms with Gasteiger partial charge in [-0.1, -0.05) is 6.07 Å². The monoisotopic (exact) mass is 280 g/mol. The Hall–Kier alpha value is -2.77. The van der Waals surface area contributed by atoms with E-state index in [4.69, 9.17) is 5.73 Å². The predicted octanol–water partition coefficient (Wildman–Crippen LogP) is 2.90. The molecule has 0 saturated heterocycles. The number of nitro groups is 1. The third-order valence-corrected chi connectivity index (χ3v) is 2.64. The number of nitrogens with two attached hydrogens (primary N) is 1. The Balaban J connectivity index is 2.39. The summed E-state index contributed by atoms with van der Waals surface area (Å²) in [6.07, 6.45) is 0. The van der Waals surface area contributed by atoms with Gasteiger partial charge in [-0.25, -0.2) is 13.8 Å². The van der Waals surface area contributed by atoms with Gasteiger partial charge in [0.15, 0.2) is 5.82 Å². The lowest BCUT2D eigenvalue weighted by atomic mass is 10.2. The van der Waals surface area contributed by atoms with Crippen molar-refractivity contribution in [2.75, 3.05) is 11.1 Å². The average molecular weight is 280 g/mol. The molecule has 0 saturated carbocycles. The SMILES string of the molecule is Cc1ccc(F)c(Nc2ccc([N+](=O)[O-])c(N)n2)c1F. The Morgan fingerprint density at radius 1 is 1.30 bits per heavy atom. The molecule has 0 aliphatic rings. The highest BCUT2D eigenvalue weighted by Crippen LogP contribution is 2.27. The molecule has 0 unspecified atom stereocenters. The van der Waals surface area contributed by atoms with Crippen molar-refractivity contribution >= 4 is 23.0 Å². The van der Waals surface area contributed by atoms with E-state index in [2.05, 4.69) is 10.3 Å². The average Bonchev–Trinajstić information content (AvgIpc) is 2.39. The standard InChI is InChI=1S/C12H10F2N4O2/c1-6-2-3-7(13)11(10(6)14)16-9-5-4-8(18(19)20)12(15)17-9/h2-5H,1H3,(H3,15,16,17). The van der Waals surface area contributed by atoms with Crippen molar-refractivity contribution in [2.45, 2.75) is 6.92 Å². The second-order valence-electron chi connectivity index (χ2n) is 4.04. The first-order valence-corrected chi connectivity index (χ1v) is 5.52. The van der Waals surface area contributed by atoms with Gasteiger partial charge in [0.1, 0.15) is 17.3 Å². The highest BCUT2D eigenvalue weighted by molar-refractivity contribution is 5.63. The second kappa shape index (κ2) is 5.08. The van der Waals surface area contributed by atoms with Gasteiger partial charge < -0.3 is 11.1 Å². The minimum atomic E-state index is -0.799. The van der Waals surface area contributed by atoms with Crippen LogP contribution in [0.4, 0.5) is 31.8 Å². The smallest absolute Gasteiger partial charge is 0.311 e. The largest absolute Gasteiger partial charge is 0.378 e. The summed E-state index contributed by atoms with van der Waals surface area (Å²) in [7, 11) is 0. The summed E-state index contributed by atoms with van der Waals surface area (Å²) in [5.41, 5.74) is 4.90. The maximum atomic E-state index is 13.8. The second-order valence-corrected chi connectivity index (χ2v) is 4.04. The number of halogens is 2. The molecular weight excluding hydrogens is 270 g/mol. The summed E-state index contributed by atoms with van der Waals surface area (Å²) in [6.45, 7) is 1.48. The Bertz CT molecular complexity index is 691. The fourth-order valence-electron chi connectivity index (χ4n) is 1.59. The molecule has 2 rings (SSSR count). The summed E-state index contributed by atoms with van der Waals surface area (Å²) in [4.78, 5) is 13.6. The molecule has 0 aliphatic carbocycles. The van der Waals surface area contributed by atoms with Gasteiger partial charge in [0, 0.05) is 6.07 Å². The molecule has 2 aromatic rings. The van der Waals surface area contributed by atoms with Crippen LogP contribution in [0, 0.1) is 28.7 Å². The van der Waals surface area contributed by atoms with E-state index in [1.165, 1.54) is 19.1 Å².